The van der Waals surface area contributed by atoms with E-state index in [9.17, 15) is 9.90 Å². The molecule has 0 amide bonds. The Kier molecular flexibility index (Phi) is 7.65. The number of rotatable bonds is 10. The number of hydrogen-bond acceptors (Lipinski definition) is 5. The number of carboxylic acids is 1. The van der Waals surface area contributed by atoms with E-state index in [-0.39, 0.29) is 23.9 Å². The molecular formula is C31H28FN3O4. The van der Waals surface area contributed by atoms with Crippen LogP contribution < -0.4 is 4.74 Å². The molecule has 39 heavy (non-hydrogen) atoms. The number of methoxy groups -OCH3 is 1. The third-order valence-electron chi connectivity index (χ3n) is 6.58. The van der Waals surface area contributed by atoms with Crippen LogP contribution in [0.2, 0.25) is 0 Å². The number of aromatic nitrogens is 3. The second-order valence-corrected chi connectivity index (χ2v) is 9.20. The molecule has 2 aromatic heterocycles. The molecule has 0 radical (unpaired) electrons. The van der Waals surface area contributed by atoms with Crippen molar-refractivity contribution in [2.24, 2.45) is 0 Å². The lowest BCUT2D eigenvalue weighted by Gasteiger charge is -2.15. The minimum Gasteiger partial charge on any atom is -0.478 e. The van der Waals surface area contributed by atoms with E-state index >= 15 is 4.39 Å². The van der Waals surface area contributed by atoms with Crippen LogP contribution in [0.25, 0.3) is 22.3 Å². The number of fused-ring (bicyclic) bond motifs is 1. The smallest absolute Gasteiger partial charge is 0.335 e. The number of ether oxygens (including phenoxy) is 2. The van der Waals surface area contributed by atoms with Crippen LogP contribution in [-0.2, 0) is 17.7 Å². The third-order valence-corrected chi connectivity index (χ3v) is 6.58. The van der Waals surface area contributed by atoms with E-state index in [0.717, 1.165) is 5.56 Å². The maximum absolute atomic E-state index is 15.4. The minimum absolute atomic E-state index is 0.167. The number of imidazole rings is 1. The molecule has 0 saturated heterocycles. The highest BCUT2D eigenvalue weighted by Crippen LogP contribution is 2.27. The molecule has 0 fully saturated rings. The molecule has 3 aromatic carbocycles. The zero-order chi connectivity index (χ0) is 27.4. The quantitative estimate of drug-likeness (QED) is 0.230. The molecule has 0 bridgehead atoms. The predicted molar refractivity (Wildman–Crippen MR) is 146 cm³/mol. The Morgan fingerprint density at radius 1 is 1.00 bits per heavy atom. The number of halogens is 1. The third kappa shape index (κ3) is 5.81. The highest BCUT2D eigenvalue weighted by Gasteiger charge is 2.16. The maximum atomic E-state index is 15.4. The topological polar surface area (TPSA) is 86.5 Å². The van der Waals surface area contributed by atoms with Gasteiger partial charge in [-0.3, -0.25) is 0 Å². The van der Waals surface area contributed by atoms with Crippen LogP contribution in [0.4, 0.5) is 4.39 Å². The van der Waals surface area contributed by atoms with E-state index in [2.05, 4.69) is 9.97 Å². The molecule has 1 atom stereocenters. The summed E-state index contributed by atoms with van der Waals surface area (Å²) in [5.74, 6) is -0.312. The molecule has 0 aliphatic rings. The van der Waals surface area contributed by atoms with Crippen molar-refractivity contribution in [3.8, 4) is 17.1 Å². The van der Waals surface area contributed by atoms with Crippen molar-refractivity contribution in [1.29, 1.82) is 0 Å². The van der Waals surface area contributed by atoms with Gasteiger partial charge in [0.1, 0.15) is 17.7 Å². The number of hydrogen-bond donors (Lipinski definition) is 1. The monoisotopic (exact) mass is 525 g/mol. The van der Waals surface area contributed by atoms with E-state index in [0.29, 0.717) is 52.7 Å². The largest absolute Gasteiger partial charge is 0.478 e. The minimum atomic E-state index is -1.02. The predicted octanol–water partition coefficient (Wildman–Crippen LogP) is 6.31. The standard InChI is InChI=1S/C31H28FN3O4/c1-20(21-7-4-3-5-8-21)39-30-10-6-9-26(34-30)23-12-11-22(25(32)17-23)19-29-33-27-14-13-24(31(36)37)18-28(27)35(29)15-16-38-2/h3-14,17-18,20H,15-16,19H2,1-2H3,(H,36,37). The first-order valence-corrected chi connectivity index (χ1v) is 12.6. The lowest BCUT2D eigenvalue weighted by atomic mass is 10.1. The van der Waals surface area contributed by atoms with Gasteiger partial charge in [0, 0.05) is 31.7 Å². The Morgan fingerprint density at radius 3 is 2.56 bits per heavy atom. The lowest BCUT2D eigenvalue weighted by molar-refractivity contribution is 0.0697. The van der Waals surface area contributed by atoms with Crippen molar-refractivity contribution in [3.63, 3.8) is 0 Å². The Bertz CT molecular complexity index is 1620. The molecule has 5 rings (SSSR count). The van der Waals surface area contributed by atoms with Crippen molar-refractivity contribution in [2.45, 2.75) is 26.0 Å². The van der Waals surface area contributed by atoms with Crippen molar-refractivity contribution in [1.82, 2.24) is 14.5 Å². The van der Waals surface area contributed by atoms with Gasteiger partial charge in [-0.2, -0.15) is 0 Å². The van der Waals surface area contributed by atoms with Crippen molar-refractivity contribution >= 4 is 17.0 Å². The summed E-state index contributed by atoms with van der Waals surface area (Å²) >= 11 is 0. The first-order valence-electron chi connectivity index (χ1n) is 12.6. The van der Waals surface area contributed by atoms with Gasteiger partial charge < -0.3 is 19.1 Å². The van der Waals surface area contributed by atoms with Crippen LogP contribution >= 0.6 is 0 Å². The maximum Gasteiger partial charge on any atom is 0.335 e. The van der Waals surface area contributed by atoms with Crippen LogP contribution in [0.3, 0.4) is 0 Å². The molecule has 0 spiro atoms. The summed E-state index contributed by atoms with van der Waals surface area (Å²) in [5, 5.41) is 9.40. The zero-order valence-corrected chi connectivity index (χ0v) is 21.7. The molecule has 0 aliphatic heterocycles. The Balaban J connectivity index is 1.40. The molecular weight excluding hydrogens is 497 g/mol. The van der Waals surface area contributed by atoms with Crippen LogP contribution in [0.15, 0.2) is 84.9 Å². The average molecular weight is 526 g/mol. The molecule has 8 heteroatoms. The summed E-state index contributed by atoms with van der Waals surface area (Å²) in [6, 6.07) is 25.1. The summed E-state index contributed by atoms with van der Waals surface area (Å²) < 4.78 is 28.5. The van der Waals surface area contributed by atoms with Crippen LogP contribution in [-0.4, -0.2) is 39.3 Å². The molecule has 198 valence electrons. The van der Waals surface area contributed by atoms with Gasteiger partial charge in [0.2, 0.25) is 5.88 Å². The normalized spacial score (nSPS) is 12.0. The van der Waals surface area contributed by atoms with E-state index in [1.165, 1.54) is 12.1 Å². The van der Waals surface area contributed by atoms with E-state index in [4.69, 9.17) is 9.47 Å². The summed E-state index contributed by atoms with van der Waals surface area (Å²) in [5.41, 5.74) is 4.23. The number of carbonyl (C=O) groups is 1. The number of nitrogens with zero attached hydrogens (tertiary/aromatic N) is 3. The van der Waals surface area contributed by atoms with Crippen molar-refractivity contribution in [2.75, 3.05) is 13.7 Å². The summed E-state index contributed by atoms with van der Waals surface area (Å²) in [6.07, 6.45) is 0.0509. The van der Waals surface area contributed by atoms with E-state index < -0.39 is 5.97 Å². The summed E-state index contributed by atoms with van der Waals surface area (Å²) in [4.78, 5) is 20.7. The van der Waals surface area contributed by atoms with Gasteiger partial charge in [0.15, 0.2) is 0 Å². The second kappa shape index (κ2) is 11.4. The fourth-order valence-electron chi connectivity index (χ4n) is 4.51. The second-order valence-electron chi connectivity index (χ2n) is 9.20. The van der Waals surface area contributed by atoms with Gasteiger partial charge >= 0.3 is 5.97 Å². The van der Waals surface area contributed by atoms with Gasteiger partial charge in [-0.1, -0.05) is 48.5 Å². The van der Waals surface area contributed by atoms with Gasteiger partial charge in [-0.25, -0.2) is 19.2 Å². The Labute approximate surface area is 225 Å². The first kappa shape index (κ1) is 26.1. The lowest BCUT2D eigenvalue weighted by Crippen LogP contribution is -2.10. The van der Waals surface area contributed by atoms with Gasteiger partial charge in [-0.05, 0) is 48.4 Å². The molecule has 5 aromatic rings. The van der Waals surface area contributed by atoms with Gasteiger partial charge in [0.05, 0.1) is 28.9 Å². The number of benzene rings is 3. The van der Waals surface area contributed by atoms with Crippen LogP contribution in [0, 0.1) is 5.82 Å². The number of carboxylic acid groups (broad SMARTS) is 1. The van der Waals surface area contributed by atoms with E-state index in [1.807, 2.05) is 60.0 Å². The molecule has 0 aliphatic carbocycles. The fourth-order valence-corrected chi connectivity index (χ4v) is 4.51. The molecule has 2 heterocycles. The van der Waals surface area contributed by atoms with E-state index in [1.54, 1.807) is 31.4 Å². The van der Waals surface area contributed by atoms with Gasteiger partial charge in [-0.15, -0.1) is 0 Å². The number of pyridine rings is 1. The molecule has 0 saturated carbocycles. The highest BCUT2D eigenvalue weighted by molar-refractivity contribution is 5.92. The zero-order valence-electron chi connectivity index (χ0n) is 21.7. The van der Waals surface area contributed by atoms with Gasteiger partial charge in [0.25, 0.3) is 0 Å². The Hall–Kier alpha value is -4.56. The summed E-state index contributed by atoms with van der Waals surface area (Å²) in [7, 11) is 1.59. The average Bonchev–Trinajstić information content (AvgIpc) is 3.29. The number of aromatic carboxylic acids is 1. The van der Waals surface area contributed by atoms with Crippen molar-refractivity contribution in [3.05, 3.63) is 113 Å². The molecule has 1 unspecified atom stereocenters. The molecule has 1 N–H and O–H groups in total. The SMILES string of the molecule is COCCn1c(Cc2ccc(-c3cccc(OC(C)c4ccccc4)n3)cc2F)nc2ccc(C(=O)O)cc21. The summed E-state index contributed by atoms with van der Waals surface area (Å²) in [6.45, 7) is 2.83. The van der Waals surface area contributed by atoms with Crippen LogP contribution in [0.1, 0.15) is 40.3 Å². The fraction of sp³-hybridized carbons (Fsp3) is 0.194. The molecule has 7 nitrogen and oxygen atoms in total. The van der Waals surface area contributed by atoms with Crippen LogP contribution in [0.5, 0.6) is 5.88 Å². The van der Waals surface area contributed by atoms with Crippen molar-refractivity contribution < 1.29 is 23.8 Å². The highest BCUT2D eigenvalue weighted by atomic mass is 19.1. The Morgan fingerprint density at radius 2 is 1.82 bits per heavy atom. The first-order chi connectivity index (χ1) is 18.9.